The molecule has 4 rings (SSSR count). The second-order valence-electron chi connectivity index (χ2n) is 8.13. The first-order valence-corrected chi connectivity index (χ1v) is 11.7. The molecule has 0 saturated heterocycles. The molecule has 0 saturated carbocycles. The summed E-state index contributed by atoms with van der Waals surface area (Å²) < 4.78 is 19.5. The van der Waals surface area contributed by atoms with Gasteiger partial charge in [-0.05, 0) is 36.2 Å². The molecule has 0 aliphatic carbocycles. The van der Waals surface area contributed by atoms with Gasteiger partial charge in [-0.25, -0.2) is 14.6 Å². The maximum Gasteiger partial charge on any atom is 0.338 e. The summed E-state index contributed by atoms with van der Waals surface area (Å²) in [5.41, 5.74) is 0.820. The van der Waals surface area contributed by atoms with Gasteiger partial charge < -0.3 is 18.8 Å². The molecule has 2 heterocycles. The van der Waals surface area contributed by atoms with E-state index in [0.29, 0.717) is 49.9 Å². The van der Waals surface area contributed by atoms with Crippen LogP contribution in [0.15, 0.2) is 64.2 Å². The lowest BCUT2D eigenvalue weighted by atomic mass is 10.2. The molecular formula is C26H28N4O6. The molecule has 0 fully saturated rings. The summed E-state index contributed by atoms with van der Waals surface area (Å²) in [6.07, 6.45) is 0.682. The van der Waals surface area contributed by atoms with Gasteiger partial charge in [-0.15, -0.1) is 0 Å². The number of carbonyl (C=O) groups excluding carboxylic acids is 1. The van der Waals surface area contributed by atoms with Gasteiger partial charge in [0.2, 0.25) is 0 Å². The highest BCUT2D eigenvalue weighted by Gasteiger charge is 2.19. The highest BCUT2D eigenvalue weighted by atomic mass is 16.5. The molecule has 0 spiro atoms. The van der Waals surface area contributed by atoms with Crippen LogP contribution in [0.1, 0.15) is 35.1 Å². The van der Waals surface area contributed by atoms with Crippen LogP contribution < -0.4 is 16.0 Å². The van der Waals surface area contributed by atoms with Crippen molar-refractivity contribution in [2.24, 2.45) is 0 Å². The molecule has 0 amide bonds. The number of esters is 1. The minimum absolute atomic E-state index is 0.177. The summed E-state index contributed by atoms with van der Waals surface area (Å²) in [5, 5.41) is 0. The van der Waals surface area contributed by atoms with E-state index in [4.69, 9.17) is 14.2 Å². The summed E-state index contributed by atoms with van der Waals surface area (Å²) in [5.74, 6) is 0.430. The van der Waals surface area contributed by atoms with Crippen molar-refractivity contribution < 1.29 is 19.0 Å². The average Bonchev–Trinajstić information content (AvgIpc) is 3.26. The molecular weight excluding hydrogens is 464 g/mol. The van der Waals surface area contributed by atoms with E-state index in [2.05, 4.69) is 9.97 Å². The Bertz CT molecular complexity index is 1440. The molecule has 0 radical (unpaired) electrons. The SMILES string of the molecule is CCCn1c(=O)[nH]c(=O)c2c1nc(COC(=O)c1ccc(OCc3ccccc3)cc1)n2CCOC. The number of hydrogen-bond donors (Lipinski definition) is 1. The first kappa shape index (κ1) is 24.9. The van der Waals surface area contributed by atoms with Gasteiger partial charge in [-0.2, -0.15) is 0 Å². The number of H-pyrrole nitrogens is 1. The number of imidazole rings is 1. The van der Waals surface area contributed by atoms with E-state index in [-0.39, 0.29) is 17.8 Å². The van der Waals surface area contributed by atoms with Gasteiger partial charge in [0.05, 0.1) is 12.2 Å². The lowest BCUT2D eigenvalue weighted by molar-refractivity contribution is 0.0457. The fourth-order valence-electron chi connectivity index (χ4n) is 3.82. The predicted octanol–water partition coefficient (Wildman–Crippen LogP) is 2.88. The van der Waals surface area contributed by atoms with Crippen molar-refractivity contribution in [2.75, 3.05) is 13.7 Å². The highest BCUT2D eigenvalue weighted by molar-refractivity contribution is 5.89. The molecule has 0 unspecified atom stereocenters. The smallest absolute Gasteiger partial charge is 0.338 e. The molecule has 4 aromatic rings. The molecule has 0 aliphatic rings. The second kappa shape index (κ2) is 11.5. The first-order valence-electron chi connectivity index (χ1n) is 11.7. The fourth-order valence-corrected chi connectivity index (χ4v) is 3.82. The zero-order chi connectivity index (χ0) is 25.5. The molecule has 36 heavy (non-hydrogen) atoms. The number of methoxy groups -OCH3 is 1. The van der Waals surface area contributed by atoms with Crippen LogP contribution in [0.3, 0.4) is 0 Å². The van der Waals surface area contributed by atoms with E-state index < -0.39 is 17.2 Å². The summed E-state index contributed by atoms with van der Waals surface area (Å²) in [4.78, 5) is 44.4. The van der Waals surface area contributed by atoms with E-state index in [9.17, 15) is 14.4 Å². The Hall–Kier alpha value is -4.18. The molecule has 0 bridgehead atoms. The number of aryl methyl sites for hydroxylation is 1. The summed E-state index contributed by atoms with van der Waals surface area (Å²) in [6, 6.07) is 16.4. The van der Waals surface area contributed by atoms with Crippen molar-refractivity contribution in [3.05, 3.63) is 92.4 Å². The Kier molecular flexibility index (Phi) is 7.96. The standard InChI is InChI=1S/C26H28N4O6/c1-3-13-30-23-22(24(31)28-26(30)33)29(14-15-34-2)21(27-23)17-36-25(32)19-9-11-20(12-10-19)35-16-18-7-5-4-6-8-18/h4-12H,3,13-17H2,1-2H3,(H,28,31,33). The molecule has 10 nitrogen and oxygen atoms in total. The van der Waals surface area contributed by atoms with Gasteiger partial charge in [-0.3, -0.25) is 14.3 Å². The minimum atomic E-state index is -0.547. The van der Waals surface area contributed by atoms with E-state index >= 15 is 0 Å². The Labute approximate surface area is 207 Å². The third kappa shape index (κ3) is 5.55. The van der Waals surface area contributed by atoms with Crippen LogP contribution in [0.4, 0.5) is 0 Å². The van der Waals surface area contributed by atoms with Crippen molar-refractivity contribution >= 4 is 17.1 Å². The molecule has 2 aromatic carbocycles. The van der Waals surface area contributed by atoms with Crippen LogP contribution in [0.5, 0.6) is 5.75 Å². The largest absolute Gasteiger partial charge is 0.489 e. The van der Waals surface area contributed by atoms with Crippen LogP contribution in [0.25, 0.3) is 11.2 Å². The van der Waals surface area contributed by atoms with Crippen molar-refractivity contribution in [1.82, 2.24) is 19.1 Å². The van der Waals surface area contributed by atoms with Crippen molar-refractivity contribution in [2.45, 2.75) is 39.6 Å². The van der Waals surface area contributed by atoms with Crippen LogP contribution >= 0.6 is 0 Å². The number of aromatic nitrogens is 4. The van der Waals surface area contributed by atoms with Crippen molar-refractivity contribution in [1.29, 1.82) is 0 Å². The third-order valence-electron chi connectivity index (χ3n) is 5.60. The molecule has 10 heteroatoms. The first-order chi connectivity index (χ1) is 17.5. The van der Waals surface area contributed by atoms with Gasteiger partial charge in [0, 0.05) is 20.2 Å². The molecule has 2 aromatic heterocycles. The van der Waals surface area contributed by atoms with Crippen molar-refractivity contribution in [3.8, 4) is 5.75 Å². The average molecular weight is 493 g/mol. The topological polar surface area (TPSA) is 117 Å². The Morgan fingerprint density at radius 2 is 1.72 bits per heavy atom. The monoisotopic (exact) mass is 492 g/mol. The number of nitrogens with zero attached hydrogens (tertiary/aromatic N) is 3. The van der Waals surface area contributed by atoms with E-state index in [1.54, 1.807) is 35.9 Å². The third-order valence-corrected chi connectivity index (χ3v) is 5.60. The van der Waals surface area contributed by atoms with Crippen LogP contribution in [0.2, 0.25) is 0 Å². The van der Waals surface area contributed by atoms with Gasteiger partial charge in [0.1, 0.15) is 24.8 Å². The zero-order valence-electron chi connectivity index (χ0n) is 20.2. The maximum atomic E-state index is 12.7. The molecule has 1 N–H and O–H groups in total. The zero-order valence-corrected chi connectivity index (χ0v) is 20.2. The second-order valence-corrected chi connectivity index (χ2v) is 8.13. The van der Waals surface area contributed by atoms with Crippen LogP contribution in [0, 0.1) is 0 Å². The van der Waals surface area contributed by atoms with Gasteiger partial charge >= 0.3 is 11.7 Å². The predicted molar refractivity (Wildman–Crippen MR) is 133 cm³/mol. The molecule has 188 valence electrons. The number of fused-ring (bicyclic) bond motifs is 1. The fraction of sp³-hybridized carbons (Fsp3) is 0.308. The lowest BCUT2D eigenvalue weighted by Gasteiger charge is -2.10. The van der Waals surface area contributed by atoms with Crippen molar-refractivity contribution in [3.63, 3.8) is 0 Å². The number of carbonyl (C=O) groups is 1. The van der Waals surface area contributed by atoms with Gasteiger partial charge in [0.25, 0.3) is 5.56 Å². The Balaban J connectivity index is 1.50. The Morgan fingerprint density at radius 3 is 2.42 bits per heavy atom. The number of ether oxygens (including phenoxy) is 3. The lowest BCUT2D eigenvalue weighted by Crippen LogP contribution is -2.31. The quantitative estimate of drug-likeness (QED) is 0.320. The molecule has 0 aliphatic heterocycles. The number of rotatable bonds is 11. The summed E-state index contributed by atoms with van der Waals surface area (Å²) in [6.45, 7) is 3.18. The normalized spacial score (nSPS) is 11.1. The van der Waals surface area contributed by atoms with Gasteiger partial charge in [-0.1, -0.05) is 37.3 Å². The number of hydrogen-bond acceptors (Lipinski definition) is 7. The van der Waals surface area contributed by atoms with E-state index in [1.807, 2.05) is 37.3 Å². The number of aromatic amines is 1. The number of nitrogens with one attached hydrogen (secondary N) is 1. The van der Waals surface area contributed by atoms with E-state index in [1.165, 1.54) is 4.57 Å². The van der Waals surface area contributed by atoms with Crippen LogP contribution in [-0.4, -0.2) is 38.8 Å². The maximum absolute atomic E-state index is 12.7. The summed E-state index contributed by atoms with van der Waals surface area (Å²) >= 11 is 0. The highest BCUT2D eigenvalue weighted by Crippen LogP contribution is 2.17. The van der Waals surface area contributed by atoms with Gasteiger partial charge in [0.15, 0.2) is 11.2 Å². The van der Waals surface area contributed by atoms with Crippen LogP contribution in [-0.2, 0) is 35.8 Å². The number of benzene rings is 2. The summed E-state index contributed by atoms with van der Waals surface area (Å²) in [7, 11) is 1.54. The molecule has 0 atom stereocenters. The van der Waals surface area contributed by atoms with E-state index in [0.717, 1.165) is 5.56 Å². The Morgan fingerprint density at radius 1 is 0.972 bits per heavy atom. The minimum Gasteiger partial charge on any atom is -0.489 e.